The Morgan fingerprint density at radius 1 is 0.879 bits per heavy atom. The molecular weight excluding hydrogens is 432 g/mol. The monoisotopic (exact) mass is 456 g/mol. The first-order chi connectivity index (χ1) is 16.1. The Hall–Kier alpha value is -3.64. The number of hydrogen-bond acceptors (Lipinski definition) is 5. The molecule has 1 heterocycles. The highest BCUT2D eigenvalue weighted by atomic mass is 32.2. The summed E-state index contributed by atoms with van der Waals surface area (Å²) in [6.45, 7) is 1.49. The lowest BCUT2D eigenvalue weighted by Crippen LogP contribution is -2.42. The lowest BCUT2D eigenvalue weighted by molar-refractivity contribution is -0.125. The highest BCUT2D eigenvalue weighted by molar-refractivity contribution is 7.99. The van der Waals surface area contributed by atoms with Gasteiger partial charge in [-0.15, -0.1) is 0 Å². The molecule has 1 aromatic heterocycles. The molecule has 166 valence electrons. The van der Waals surface area contributed by atoms with Crippen LogP contribution in [0.1, 0.15) is 12.5 Å². The van der Waals surface area contributed by atoms with Crippen molar-refractivity contribution in [2.24, 2.45) is 0 Å². The zero-order chi connectivity index (χ0) is 23.0. The Bertz CT molecular complexity index is 1150. The van der Waals surface area contributed by atoms with E-state index in [0.29, 0.717) is 17.4 Å². The molecule has 33 heavy (non-hydrogen) atoms. The van der Waals surface area contributed by atoms with Crippen LogP contribution in [0.4, 0.5) is 0 Å². The van der Waals surface area contributed by atoms with Crippen molar-refractivity contribution in [3.05, 3.63) is 96.6 Å². The van der Waals surface area contributed by atoms with Crippen molar-refractivity contribution in [1.82, 2.24) is 10.3 Å². The van der Waals surface area contributed by atoms with Crippen LogP contribution in [0.25, 0.3) is 22.6 Å². The van der Waals surface area contributed by atoms with E-state index >= 15 is 0 Å². The minimum Gasteiger partial charge on any atom is -0.431 e. The van der Waals surface area contributed by atoms with Gasteiger partial charge in [0.1, 0.15) is 5.69 Å². The summed E-state index contributed by atoms with van der Waals surface area (Å²) < 4.78 is 6.06. The average Bonchev–Trinajstić information content (AvgIpc) is 3.28. The van der Waals surface area contributed by atoms with Crippen LogP contribution in [-0.2, 0) is 16.0 Å². The summed E-state index contributed by atoms with van der Waals surface area (Å²) in [6, 6.07) is 28.7. The fourth-order valence-electron chi connectivity index (χ4n) is 3.45. The number of benzene rings is 3. The Labute approximate surface area is 197 Å². The van der Waals surface area contributed by atoms with Crippen molar-refractivity contribution in [2.45, 2.75) is 24.6 Å². The third-order valence-corrected chi connectivity index (χ3v) is 5.95. The van der Waals surface area contributed by atoms with Gasteiger partial charge in [-0.3, -0.25) is 9.59 Å². The third-order valence-electron chi connectivity index (χ3n) is 5.13. The maximum atomic E-state index is 12.6. The number of amides is 1. The lowest BCUT2D eigenvalue weighted by Gasteiger charge is -2.15. The first-order valence-corrected chi connectivity index (χ1v) is 11.7. The van der Waals surface area contributed by atoms with E-state index < -0.39 is 6.04 Å². The fraction of sp³-hybridized carbons (Fsp3) is 0.148. The summed E-state index contributed by atoms with van der Waals surface area (Å²) in [7, 11) is 0. The van der Waals surface area contributed by atoms with Gasteiger partial charge in [0.25, 0.3) is 5.22 Å². The zero-order valence-corrected chi connectivity index (χ0v) is 19.0. The molecule has 0 radical (unpaired) electrons. The van der Waals surface area contributed by atoms with Crippen molar-refractivity contribution in [3.8, 4) is 22.6 Å². The maximum absolute atomic E-state index is 12.6. The second kappa shape index (κ2) is 10.8. The maximum Gasteiger partial charge on any atom is 0.257 e. The first-order valence-electron chi connectivity index (χ1n) is 10.7. The summed E-state index contributed by atoms with van der Waals surface area (Å²) in [4.78, 5) is 29.3. The van der Waals surface area contributed by atoms with Gasteiger partial charge in [0.05, 0.1) is 11.8 Å². The summed E-state index contributed by atoms with van der Waals surface area (Å²) in [6.07, 6.45) is 0.460. The van der Waals surface area contributed by atoms with Crippen molar-refractivity contribution in [3.63, 3.8) is 0 Å². The van der Waals surface area contributed by atoms with Crippen LogP contribution in [0.2, 0.25) is 0 Å². The van der Waals surface area contributed by atoms with Crippen molar-refractivity contribution < 1.29 is 14.0 Å². The predicted octanol–water partition coefficient (Wildman–Crippen LogP) is 5.42. The molecule has 0 saturated heterocycles. The SMILES string of the molecule is CC(=O)[C@@H](Cc1ccccc1)NC(=O)CSc1nc(-c2ccccc2)c(-c2ccccc2)o1. The van der Waals surface area contributed by atoms with E-state index in [-0.39, 0.29) is 17.4 Å². The molecule has 1 N–H and O–H groups in total. The van der Waals surface area contributed by atoms with Gasteiger partial charge >= 0.3 is 0 Å². The van der Waals surface area contributed by atoms with Crippen LogP contribution in [0.5, 0.6) is 0 Å². The zero-order valence-electron chi connectivity index (χ0n) is 18.2. The molecule has 0 aliphatic heterocycles. The molecule has 0 fully saturated rings. The summed E-state index contributed by atoms with van der Waals surface area (Å²) >= 11 is 1.21. The summed E-state index contributed by atoms with van der Waals surface area (Å²) in [5.74, 6) is 0.444. The number of nitrogens with zero attached hydrogens (tertiary/aromatic N) is 1. The van der Waals surface area contributed by atoms with Gasteiger partial charge in [-0.05, 0) is 18.9 Å². The van der Waals surface area contributed by atoms with E-state index in [2.05, 4.69) is 10.3 Å². The van der Waals surface area contributed by atoms with Crippen LogP contribution >= 0.6 is 11.8 Å². The van der Waals surface area contributed by atoms with E-state index in [0.717, 1.165) is 22.4 Å². The van der Waals surface area contributed by atoms with Gasteiger partial charge in [0, 0.05) is 11.1 Å². The van der Waals surface area contributed by atoms with Crippen LogP contribution in [0.3, 0.4) is 0 Å². The van der Waals surface area contributed by atoms with Crippen LogP contribution in [0.15, 0.2) is 101 Å². The van der Waals surface area contributed by atoms with Crippen molar-refractivity contribution >= 4 is 23.5 Å². The smallest absolute Gasteiger partial charge is 0.257 e. The molecule has 6 heteroatoms. The highest BCUT2D eigenvalue weighted by Gasteiger charge is 2.20. The Morgan fingerprint density at radius 2 is 1.45 bits per heavy atom. The molecule has 1 atom stereocenters. The number of oxazole rings is 1. The molecule has 1 amide bonds. The molecule has 0 saturated carbocycles. The van der Waals surface area contributed by atoms with Crippen LogP contribution in [-0.4, -0.2) is 28.5 Å². The third kappa shape index (κ3) is 5.99. The van der Waals surface area contributed by atoms with Gasteiger partial charge in [0.15, 0.2) is 11.5 Å². The molecule has 3 aromatic carbocycles. The minimum atomic E-state index is -0.565. The van der Waals surface area contributed by atoms with Gasteiger partial charge in [0.2, 0.25) is 5.91 Å². The molecule has 0 spiro atoms. The topological polar surface area (TPSA) is 72.2 Å². The molecule has 4 aromatic rings. The number of nitrogens with one attached hydrogen (secondary N) is 1. The van der Waals surface area contributed by atoms with Crippen molar-refractivity contribution in [2.75, 3.05) is 5.75 Å². The highest BCUT2D eigenvalue weighted by Crippen LogP contribution is 2.35. The Balaban J connectivity index is 1.47. The van der Waals surface area contributed by atoms with Gasteiger partial charge in [-0.1, -0.05) is 103 Å². The van der Waals surface area contributed by atoms with E-state index in [9.17, 15) is 9.59 Å². The van der Waals surface area contributed by atoms with E-state index in [1.54, 1.807) is 0 Å². The average molecular weight is 457 g/mol. The fourth-order valence-corrected chi connectivity index (χ4v) is 4.08. The minimum absolute atomic E-state index is 0.0777. The van der Waals surface area contributed by atoms with Gasteiger partial charge < -0.3 is 9.73 Å². The number of thioether (sulfide) groups is 1. The lowest BCUT2D eigenvalue weighted by atomic mass is 10.0. The second-order valence-corrected chi connectivity index (χ2v) is 8.53. The number of carbonyl (C=O) groups excluding carboxylic acids is 2. The number of rotatable bonds is 9. The second-order valence-electron chi connectivity index (χ2n) is 7.60. The summed E-state index contributed by atoms with van der Waals surface area (Å²) in [5, 5.41) is 3.25. The molecule has 5 nitrogen and oxygen atoms in total. The molecular formula is C27H24N2O3S. The first kappa shape index (κ1) is 22.6. The molecule has 0 aliphatic carbocycles. The standard InChI is InChI=1S/C27H24N2O3S/c1-19(30)23(17-20-11-5-2-6-12-20)28-24(31)18-33-27-29-25(21-13-7-3-8-14-21)26(32-27)22-15-9-4-10-16-22/h2-16,23H,17-18H2,1H3,(H,28,31)/t23-/m1/s1. The van der Waals surface area contributed by atoms with E-state index in [1.165, 1.54) is 18.7 Å². The van der Waals surface area contributed by atoms with E-state index in [4.69, 9.17) is 4.42 Å². The predicted molar refractivity (Wildman–Crippen MR) is 131 cm³/mol. The Morgan fingerprint density at radius 3 is 2.06 bits per heavy atom. The van der Waals surface area contributed by atoms with Gasteiger partial charge in [-0.2, -0.15) is 0 Å². The van der Waals surface area contributed by atoms with E-state index in [1.807, 2.05) is 91.0 Å². The normalized spacial score (nSPS) is 11.7. The van der Waals surface area contributed by atoms with Crippen LogP contribution in [0, 0.1) is 0 Å². The quantitative estimate of drug-likeness (QED) is 0.341. The molecule has 0 bridgehead atoms. The number of Topliss-reactive ketones (excluding diaryl/α,β-unsaturated/α-hetero) is 1. The number of ketones is 1. The van der Waals surface area contributed by atoms with Crippen LogP contribution < -0.4 is 5.32 Å². The number of carbonyl (C=O) groups is 2. The largest absolute Gasteiger partial charge is 0.431 e. The summed E-state index contributed by atoms with van der Waals surface area (Å²) in [5.41, 5.74) is 3.59. The van der Waals surface area contributed by atoms with Gasteiger partial charge in [-0.25, -0.2) is 4.98 Å². The number of hydrogen-bond donors (Lipinski definition) is 1. The number of aromatic nitrogens is 1. The Kier molecular flexibility index (Phi) is 7.37. The molecule has 0 aliphatic rings. The van der Waals surface area contributed by atoms with Crippen molar-refractivity contribution in [1.29, 1.82) is 0 Å². The molecule has 0 unspecified atom stereocenters. The molecule has 4 rings (SSSR count).